The summed E-state index contributed by atoms with van der Waals surface area (Å²) in [7, 11) is 0. The van der Waals surface area contributed by atoms with Gasteiger partial charge in [0.2, 0.25) is 0 Å². The second-order valence-corrected chi connectivity index (χ2v) is 5.66. The van der Waals surface area contributed by atoms with Crippen molar-refractivity contribution in [2.75, 3.05) is 0 Å². The van der Waals surface area contributed by atoms with Gasteiger partial charge in [0.15, 0.2) is 0 Å². The van der Waals surface area contributed by atoms with E-state index in [1.54, 1.807) is 12.1 Å². The summed E-state index contributed by atoms with van der Waals surface area (Å²) < 4.78 is 14.0. The van der Waals surface area contributed by atoms with Crippen molar-refractivity contribution in [3.05, 3.63) is 68.4 Å². The number of nitrogens with one attached hydrogen (secondary N) is 1. The largest absolute Gasteiger partial charge is 0.271 e. The van der Waals surface area contributed by atoms with Crippen molar-refractivity contribution in [3.8, 4) is 0 Å². The Morgan fingerprint density at radius 1 is 1.26 bits per heavy atom. The van der Waals surface area contributed by atoms with Crippen LogP contribution in [0, 0.1) is 12.7 Å². The summed E-state index contributed by atoms with van der Waals surface area (Å²) in [6.07, 6.45) is 0. The number of benzene rings is 2. The molecule has 2 aromatic carbocycles. The Morgan fingerprint density at radius 2 is 2.00 bits per heavy atom. The standard InChI is InChI=1S/C14H13BrClFN2/c1-8-4-12(17)2-3-13(8)14(19-18)9-5-10(15)7-11(16)6-9/h2-7,14,19H,18H2,1H3. The molecule has 2 nitrogen and oxygen atoms in total. The van der Waals surface area contributed by atoms with Crippen LogP contribution in [0.3, 0.4) is 0 Å². The van der Waals surface area contributed by atoms with Gasteiger partial charge >= 0.3 is 0 Å². The van der Waals surface area contributed by atoms with Crippen molar-refractivity contribution < 1.29 is 4.39 Å². The van der Waals surface area contributed by atoms with E-state index in [-0.39, 0.29) is 11.9 Å². The van der Waals surface area contributed by atoms with Crippen molar-refractivity contribution >= 4 is 27.5 Å². The van der Waals surface area contributed by atoms with E-state index >= 15 is 0 Å². The third-order valence-electron chi connectivity index (χ3n) is 2.93. The molecule has 19 heavy (non-hydrogen) atoms. The molecule has 0 fully saturated rings. The molecule has 0 amide bonds. The van der Waals surface area contributed by atoms with Crippen LogP contribution in [0.2, 0.25) is 5.02 Å². The van der Waals surface area contributed by atoms with Gasteiger partial charge in [-0.1, -0.05) is 33.6 Å². The third-order valence-corrected chi connectivity index (χ3v) is 3.60. The van der Waals surface area contributed by atoms with Gasteiger partial charge in [-0.3, -0.25) is 5.84 Å². The summed E-state index contributed by atoms with van der Waals surface area (Å²) in [5, 5.41) is 0.615. The van der Waals surface area contributed by atoms with Gasteiger partial charge in [0.25, 0.3) is 0 Å². The third kappa shape index (κ3) is 3.34. The second kappa shape index (κ2) is 6.01. The topological polar surface area (TPSA) is 38.0 Å². The molecule has 3 N–H and O–H groups in total. The van der Waals surface area contributed by atoms with E-state index in [9.17, 15) is 4.39 Å². The van der Waals surface area contributed by atoms with Crippen LogP contribution in [0.4, 0.5) is 4.39 Å². The average molecular weight is 344 g/mol. The summed E-state index contributed by atoms with van der Waals surface area (Å²) >= 11 is 9.45. The highest BCUT2D eigenvalue weighted by atomic mass is 79.9. The quantitative estimate of drug-likeness (QED) is 0.650. The molecule has 1 atom stereocenters. The zero-order chi connectivity index (χ0) is 14.0. The molecule has 1 unspecified atom stereocenters. The average Bonchev–Trinajstić information content (AvgIpc) is 2.31. The van der Waals surface area contributed by atoms with Crippen molar-refractivity contribution in [2.24, 2.45) is 5.84 Å². The molecule has 0 saturated carbocycles. The lowest BCUT2D eigenvalue weighted by atomic mass is 9.95. The lowest BCUT2D eigenvalue weighted by molar-refractivity contribution is 0.612. The van der Waals surface area contributed by atoms with E-state index in [1.807, 2.05) is 19.1 Å². The summed E-state index contributed by atoms with van der Waals surface area (Å²) in [4.78, 5) is 0. The number of hydrazine groups is 1. The summed E-state index contributed by atoms with van der Waals surface area (Å²) in [6, 6.07) is 9.96. The van der Waals surface area contributed by atoms with Crippen LogP contribution in [0.15, 0.2) is 40.9 Å². The Labute approximate surface area is 124 Å². The fourth-order valence-electron chi connectivity index (χ4n) is 2.07. The van der Waals surface area contributed by atoms with E-state index in [1.165, 1.54) is 12.1 Å². The molecule has 0 aliphatic heterocycles. The smallest absolute Gasteiger partial charge is 0.123 e. The molecular formula is C14H13BrClFN2. The second-order valence-electron chi connectivity index (χ2n) is 4.30. The van der Waals surface area contributed by atoms with Crippen molar-refractivity contribution in [2.45, 2.75) is 13.0 Å². The molecule has 0 aliphatic rings. The van der Waals surface area contributed by atoms with Gasteiger partial charge in [0, 0.05) is 9.50 Å². The summed E-state index contributed by atoms with van der Waals surface area (Å²) in [6.45, 7) is 1.85. The summed E-state index contributed by atoms with van der Waals surface area (Å²) in [5.74, 6) is 5.38. The molecule has 2 rings (SSSR count). The highest BCUT2D eigenvalue weighted by Crippen LogP contribution is 2.29. The van der Waals surface area contributed by atoms with Gasteiger partial charge in [0.05, 0.1) is 6.04 Å². The minimum Gasteiger partial charge on any atom is -0.271 e. The fourth-order valence-corrected chi connectivity index (χ4v) is 2.96. The minimum atomic E-state index is -0.260. The molecule has 5 heteroatoms. The van der Waals surface area contributed by atoms with Crippen molar-refractivity contribution in [3.63, 3.8) is 0 Å². The van der Waals surface area contributed by atoms with Gasteiger partial charge in [0.1, 0.15) is 5.82 Å². The van der Waals surface area contributed by atoms with Crippen LogP contribution in [0.1, 0.15) is 22.7 Å². The number of aryl methyl sites for hydroxylation is 1. The highest BCUT2D eigenvalue weighted by molar-refractivity contribution is 9.10. The fraction of sp³-hybridized carbons (Fsp3) is 0.143. The number of rotatable bonds is 3. The maximum absolute atomic E-state index is 13.2. The lowest BCUT2D eigenvalue weighted by Crippen LogP contribution is -2.29. The summed E-state index contributed by atoms with van der Waals surface area (Å²) in [5.41, 5.74) is 5.41. The molecule has 0 aromatic heterocycles. The maximum atomic E-state index is 13.2. The van der Waals surface area contributed by atoms with E-state index in [0.29, 0.717) is 5.02 Å². The molecule has 0 saturated heterocycles. The zero-order valence-electron chi connectivity index (χ0n) is 10.3. The molecule has 0 aliphatic carbocycles. The molecular weight excluding hydrogens is 331 g/mol. The Balaban J connectivity index is 2.49. The van der Waals surface area contributed by atoms with Crippen LogP contribution in [-0.2, 0) is 0 Å². The molecule has 0 heterocycles. The van der Waals surface area contributed by atoms with Gasteiger partial charge in [-0.2, -0.15) is 0 Å². The van der Waals surface area contributed by atoms with Crippen LogP contribution >= 0.6 is 27.5 Å². The number of hydrogen-bond acceptors (Lipinski definition) is 2. The Bertz CT molecular complexity index is 584. The molecule has 0 radical (unpaired) electrons. The van der Waals surface area contributed by atoms with E-state index < -0.39 is 0 Å². The van der Waals surface area contributed by atoms with E-state index in [4.69, 9.17) is 17.4 Å². The predicted molar refractivity (Wildman–Crippen MR) is 79.5 cm³/mol. The van der Waals surface area contributed by atoms with Crippen LogP contribution in [0.5, 0.6) is 0 Å². The number of halogens is 3. The minimum absolute atomic E-state index is 0.240. The van der Waals surface area contributed by atoms with Crippen molar-refractivity contribution in [1.82, 2.24) is 5.43 Å². The Hall–Kier alpha value is -0.940. The number of nitrogens with two attached hydrogens (primary N) is 1. The zero-order valence-corrected chi connectivity index (χ0v) is 12.6. The molecule has 2 aromatic rings. The normalized spacial score (nSPS) is 12.5. The Kier molecular flexibility index (Phi) is 4.58. The Morgan fingerprint density at radius 3 is 2.58 bits per heavy atom. The first-order valence-corrected chi connectivity index (χ1v) is 6.86. The van der Waals surface area contributed by atoms with Gasteiger partial charge in [-0.25, -0.2) is 9.82 Å². The van der Waals surface area contributed by atoms with Crippen molar-refractivity contribution in [1.29, 1.82) is 0 Å². The van der Waals surface area contributed by atoms with Gasteiger partial charge in [-0.15, -0.1) is 0 Å². The van der Waals surface area contributed by atoms with E-state index in [2.05, 4.69) is 21.4 Å². The molecule has 0 bridgehead atoms. The number of hydrogen-bond donors (Lipinski definition) is 2. The first kappa shape index (κ1) is 14.5. The lowest BCUT2D eigenvalue weighted by Gasteiger charge is -2.19. The van der Waals surface area contributed by atoms with Crippen LogP contribution in [-0.4, -0.2) is 0 Å². The molecule has 100 valence electrons. The van der Waals surface area contributed by atoms with Gasteiger partial charge < -0.3 is 0 Å². The van der Waals surface area contributed by atoms with E-state index in [0.717, 1.165) is 21.2 Å². The monoisotopic (exact) mass is 342 g/mol. The first-order chi connectivity index (χ1) is 9.01. The first-order valence-electron chi connectivity index (χ1n) is 5.69. The molecule has 0 spiro atoms. The SMILES string of the molecule is Cc1cc(F)ccc1C(NN)c1cc(Cl)cc(Br)c1. The highest BCUT2D eigenvalue weighted by Gasteiger charge is 2.16. The van der Waals surface area contributed by atoms with Crippen LogP contribution in [0.25, 0.3) is 0 Å². The van der Waals surface area contributed by atoms with Crippen LogP contribution < -0.4 is 11.3 Å². The maximum Gasteiger partial charge on any atom is 0.123 e. The predicted octanol–water partition coefficient (Wildman–Crippen LogP) is 4.10. The van der Waals surface area contributed by atoms with Gasteiger partial charge in [-0.05, 0) is 53.9 Å².